The summed E-state index contributed by atoms with van der Waals surface area (Å²) < 4.78 is 5.72. The lowest BCUT2D eigenvalue weighted by atomic mass is 10.1. The average Bonchev–Trinajstić information content (AvgIpc) is 2.80. The highest BCUT2D eigenvalue weighted by molar-refractivity contribution is 5.76. The molecule has 0 radical (unpaired) electrons. The summed E-state index contributed by atoms with van der Waals surface area (Å²) >= 11 is 0. The Bertz CT molecular complexity index is 387. The molecule has 0 bridgehead atoms. The van der Waals surface area contributed by atoms with Crippen molar-refractivity contribution in [3.63, 3.8) is 0 Å². The van der Waals surface area contributed by atoms with Crippen LogP contribution in [0.1, 0.15) is 44.1 Å². The Morgan fingerprint density at radius 3 is 2.94 bits per heavy atom. The zero-order chi connectivity index (χ0) is 12.8. The standard InChI is InChI=1S/C14H22N2O2/c1-2-8-15-10-12-6-7-13(18-12)11-16-9-4-3-5-14(16)17/h6-7,15H,2-5,8-11H2,1H3. The summed E-state index contributed by atoms with van der Waals surface area (Å²) in [4.78, 5) is 13.6. The highest BCUT2D eigenvalue weighted by atomic mass is 16.3. The third-order valence-electron chi connectivity index (χ3n) is 3.21. The maximum Gasteiger partial charge on any atom is 0.222 e. The second-order valence-electron chi connectivity index (χ2n) is 4.82. The lowest BCUT2D eigenvalue weighted by Crippen LogP contribution is -2.34. The first-order chi connectivity index (χ1) is 8.79. The first kappa shape index (κ1) is 13.1. The summed E-state index contributed by atoms with van der Waals surface area (Å²) in [6, 6.07) is 3.97. The molecular weight excluding hydrogens is 228 g/mol. The van der Waals surface area contributed by atoms with Gasteiger partial charge in [-0.1, -0.05) is 6.92 Å². The van der Waals surface area contributed by atoms with Crippen molar-refractivity contribution < 1.29 is 9.21 Å². The van der Waals surface area contributed by atoms with E-state index < -0.39 is 0 Å². The fourth-order valence-electron chi connectivity index (χ4n) is 2.21. The lowest BCUT2D eigenvalue weighted by Gasteiger charge is -2.25. The fourth-order valence-corrected chi connectivity index (χ4v) is 2.21. The van der Waals surface area contributed by atoms with Crippen molar-refractivity contribution in [3.8, 4) is 0 Å². The summed E-state index contributed by atoms with van der Waals surface area (Å²) in [6.45, 7) is 5.39. The second-order valence-corrected chi connectivity index (χ2v) is 4.82. The molecule has 1 N–H and O–H groups in total. The molecule has 1 aromatic rings. The van der Waals surface area contributed by atoms with Crippen LogP contribution in [0.25, 0.3) is 0 Å². The van der Waals surface area contributed by atoms with Crippen molar-refractivity contribution >= 4 is 5.91 Å². The van der Waals surface area contributed by atoms with Gasteiger partial charge in [-0.3, -0.25) is 4.79 Å². The number of nitrogens with one attached hydrogen (secondary N) is 1. The van der Waals surface area contributed by atoms with Crippen LogP contribution in [0.5, 0.6) is 0 Å². The molecule has 0 aromatic carbocycles. The normalized spacial score (nSPS) is 16.3. The van der Waals surface area contributed by atoms with Gasteiger partial charge in [0.1, 0.15) is 11.5 Å². The van der Waals surface area contributed by atoms with Gasteiger partial charge in [0.2, 0.25) is 5.91 Å². The third-order valence-corrected chi connectivity index (χ3v) is 3.21. The summed E-state index contributed by atoms with van der Waals surface area (Å²) in [6.07, 6.45) is 3.94. The molecule has 0 atom stereocenters. The van der Waals surface area contributed by atoms with Crippen LogP contribution < -0.4 is 5.32 Å². The Morgan fingerprint density at radius 1 is 1.33 bits per heavy atom. The first-order valence-corrected chi connectivity index (χ1v) is 6.85. The molecule has 1 aliphatic rings. The van der Waals surface area contributed by atoms with E-state index in [2.05, 4.69) is 12.2 Å². The Balaban J connectivity index is 1.83. The molecule has 1 aromatic heterocycles. The third kappa shape index (κ3) is 3.60. The molecule has 2 heterocycles. The zero-order valence-electron chi connectivity index (χ0n) is 11.1. The van der Waals surface area contributed by atoms with Crippen LogP contribution in [0.2, 0.25) is 0 Å². The van der Waals surface area contributed by atoms with Crippen LogP contribution in [0.4, 0.5) is 0 Å². The predicted molar refractivity (Wildman–Crippen MR) is 70.0 cm³/mol. The fraction of sp³-hybridized carbons (Fsp3) is 0.643. The molecule has 4 heteroatoms. The number of piperidine rings is 1. The van der Waals surface area contributed by atoms with Crippen LogP contribution in [0.3, 0.4) is 0 Å². The van der Waals surface area contributed by atoms with Gasteiger partial charge in [0, 0.05) is 13.0 Å². The van der Waals surface area contributed by atoms with Crippen LogP contribution in [-0.2, 0) is 17.9 Å². The molecule has 0 aliphatic carbocycles. The molecule has 18 heavy (non-hydrogen) atoms. The minimum Gasteiger partial charge on any atom is -0.463 e. The Morgan fingerprint density at radius 2 is 2.17 bits per heavy atom. The highest BCUT2D eigenvalue weighted by Crippen LogP contribution is 2.16. The maximum atomic E-state index is 11.7. The van der Waals surface area contributed by atoms with E-state index in [1.54, 1.807) is 0 Å². The smallest absolute Gasteiger partial charge is 0.222 e. The summed E-state index contributed by atoms with van der Waals surface area (Å²) in [5, 5.41) is 3.30. The molecule has 0 unspecified atom stereocenters. The summed E-state index contributed by atoms with van der Waals surface area (Å²) in [5.74, 6) is 2.09. The van der Waals surface area contributed by atoms with Gasteiger partial charge in [0.25, 0.3) is 0 Å². The van der Waals surface area contributed by atoms with Crippen LogP contribution in [0.15, 0.2) is 16.5 Å². The van der Waals surface area contributed by atoms with Gasteiger partial charge >= 0.3 is 0 Å². The van der Waals surface area contributed by atoms with Crippen LogP contribution in [-0.4, -0.2) is 23.9 Å². The monoisotopic (exact) mass is 250 g/mol. The van der Waals surface area contributed by atoms with Crippen LogP contribution in [0, 0.1) is 0 Å². The number of likely N-dealkylation sites (tertiary alicyclic amines) is 1. The van der Waals surface area contributed by atoms with E-state index in [1.807, 2.05) is 17.0 Å². The van der Waals surface area contributed by atoms with E-state index >= 15 is 0 Å². The Hall–Kier alpha value is -1.29. The largest absolute Gasteiger partial charge is 0.463 e. The number of hydrogen-bond donors (Lipinski definition) is 1. The number of nitrogens with zero attached hydrogens (tertiary/aromatic N) is 1. The van der Waals surface area contributed by atoms with Crippen LogP contribution >= 0.6 is 0 Å². The molecule has 1 amide bonds. The molecule has 0 spiro atoms. The van der Waals surface area contributed by atoms with Gasteiger partial charge in [0.05, 0.1) is 13.1 Å². The van der Waals surface area contributed by atoms with E-state index in [0.717, 1.165) is 50.4 Å². The SMILES string of the molecule is CCCNCc1ccc(CN2CCCCC2=O)o1. The lowest BCUT2D eigenvalue weighted by molar-refractivity contribution is -0.134. The molecule has 1 fully saturated rings. The number of hydrogen-bond acceptors (Lipinski definition) is 3. The van der Waals surface area contributed by atoms with Crippen molar-refractivity contribution in [2.45, 2.75) is 45.7 Å². The summed E-state index contributed by atoms with van der Waals surface area (Å²) in [5.41, 5.74) is 0. The van der Waals surface area contributed by atoms with E-state index in [4.69, 9.17) is 4.42 Å². The van der Waals surface area contributed by atoms with Crippen molar-refractivity contribution in [1.29, 1.82) is 0 Å². The van der Waals surface area contributed by atoms with Crippen molar-refractivity contribution in [2.75, 3.05) is 13.1 Å². The maximum absolute atomic E-state index is 11.7. The number of carbonyl (C=O) groups is 1. The molecule has 1 saturated heterocycles. The Kier molecular flexibility index (Phi) is 4.81. The van der Waals surface area contributed by atoms with E-state index in [9.17, 15) is 4.79 Å². The molecule has 4 nitrogen and oxygen atoms in total. The molecule has 1 aliphatic heterocycles. The topological polar surface area (TPSA) is 45.5 Å². The van der Waals surface area contributed by atoms with Crippen molar-refractivity contribution in [2.24, 2.45) is 0 Å². The second kappa shape index (κ2) is 6.59. The van der Waals surface area contributed by atoms with E-state index in [-0.39, 0.29) is 5.91 Å². The van der Waals surface area contributed by atoms with E-state index in [1.165, 1.54) is 0 Å². The first-order valence-electron chi connectivity index (χ1n) is 6.85. The number of rotatable bonds is 6. The zero-order valence-corrected chi connectivity index (χ0v) is 11.1. The Labute approximate surface area is 108 Å². The van der Waals surface area contributed by atoms with Crippen molar-refractivity contribution in [1.82, 2.24) is 10.2 Å². The highest BCUT2D eigenvalue weighted by Gasteiger charge is 2.19. The van der Waals surface area contributed by atoms with Gasteiger partial charge in [-0.25, -0.2) is 0 Å². The molecule has 100 valence electrons. The quantitative estimate of drug-likeness (QED) is 0.788. The van der Waals surface area contributed by atoms with Gasteiger partial charge in [-0.05, 0) is 37.9 Å². The molecule has 0 saturated carbocycles. The summed E-state index contributed by atoms with van der Waals surface area (Å²) in [7, 11) is 0. The van der Waals surface area contributed by atoms with Gasteiger partial charge < -0.3 is 14.6 Å². The van der Waals surface area contributed by atoms with Gasteiger partial charge in [-0.15, -0.1) is 0 Å². The molecule has 2 rings (SSSR count). The van der Waals surface area contributed by atoms with E-state index in [0.29, 0.717) is 13.0 Å². The van der Waals surface area contributed by atoms with Gasteiger partial charge in [0.15, 0.2) is 0 Å². The van der Waals surface area contributed by atoms with Gasteiger partial charge in [-0.2, -0.15) is 0 Å². The molecular formula is C14H22N2O2. The average molecular weight is 250 g/mol. The number of carbonyl (C=O) groups excluding carboxylic acids is 1. The minimum atomic E-state index is 0.253. The predicted octanol–water partition coefficient (Wildman–Crippen LogP) is 2.29. The van der Waals surface area contributed by atoms with Crippen molar-refractivity contribution in [3.05, 3.63) is 23.7 Å². The number of amides is 1. The minimum absolute atomic E-state index is 0.253. The number of furan rings is 1.